The van der Waals surface area contributed by atoms with Gasteiger partial charge in [-0.3, -0.25) is 9.48 Å². The monoisotopic (exact) mass is 457 g/mol. The minimum Gasteiger partial charge on any atom is -0.486 e. The van der Waals surface area contributed by atoms with E-state index in [4.69, 9.17) is 4.74 Å². The van der Waals surface area contributed by atoms with Gasteiger partial charge in [0.15, 0.2) is 17.4 Å². The molecule has 0 aliphatic carbocycles. The van der Waals surface area contributed by atoms with E-state index in [1.54, 1.807) is 40.4 Å². The molecule has 0 bridgehead atoms. The predicted molar refractivity (Wildman–Crippen MR) is 115 cm³/mol. The maximum atomic E-state index is 13.9. The zero-order valence-corrected chi connectivity index (χ0v) is 17.8. The molecule has 0 unspecified atom stereocenters. The lowest BCUT2D eigenvalue weighted by atomic mass is 10.2. The van der Waals surface area contributed by atoms with Crippen molar-refractivity contribution in [1.82, 2.24) is 9.78 Å². The first kappa shape index (κ1) is 21.6. The Morgan fingerprint density at radius 2 is 1.91 bits per heavy atom. The number of carbonyl (C=O) groups is 1. The van der Waals surface area contributed by atoms with Crippen LogP contribution in [0, 0.1) is 24.4 Å². The molecule has 1 N–H and O–H groups in total. The van der Waals surface area contributed by atoms with Gasteiger partial charge >= 0.3 is 0 Å². The van der Waals surface area contributed by atoms with Crippen molar-refractivity contribution in [3.05, 3.63) is 99.1 Å². The quantitative estimate of drug-likeness (QED) is 0.396. The van der Waals surface area contributed by atoms with Crippen LogP contribution in [0.5, 0.6) is 5.75 Å². The van der Waals surface area contributed by atoms with Gasteiger partial charge in [-0.15, -0.1) is 11.3 Å². The highest BCUT2D eigenvalue weighted by atomic mass is 32.1. The molecule has 2 heterocycles. The van der Waals surface area contributed by atoms with Crippen molar-refractivity contribution in [3.8, 4) is 5.75 Å². The summed E-state index contributed by atoms with van der Waals surface area (Å²) in [5, 5.41) is 8.78. The molecule has 0 aliphatic heterocycles. The minimum atomic E-state index is -0.792. The molecule has 2 aromatic heterocycles. The van der Waals surface area contributed by atoms with E-state index < -0.39 is 11.6 Å². The second-order valence-electron chi connectivity index (χ2n) is 7.06. The average molecular weight is 457 g/mol. The van der Waals surface area contributed by atoms with E-state index in [1.807, 2.05) is 6.92 Å². The number of amides is 1. The maximum absolute atomic E-state index is 13.9. The Labute approximate surface area is 186 Å². The van der Waals surface area contributed by atoms with Gasteiger partial charge in [0, 0.05) is 29.0 Å². The number of benzene rings is 2. The van der Waals surface area contributed by atoms with E-state index in [2.05, 4.69) is 10.4 Å². The van der Waals surface area contributed by atoms with Crippen LogP contribution < -0.4 is 10.1 Å². The van der Waals surface area contributed by atoms with Crippen molar-refractivity contribution in [2.45, 2.75) is 20.1 Å². The standard InChI is InChI=1S/C23H18F3N3O2S/c1-14-8-22(28-29(14)11-16-4-2-3-5-18(16)25)27-23(30)21-9-15(13-32-21)12-31-20-7-6-17(24)10-19(20)26/h2-10,13H,11-12H2,1H3,(H,27,28,30). The number of hydrogen-bond donors (Lipinski definition) is 1. The van der Waals surface area contributed by atoms with Crippen molar-refractivity contribution in [1.29, 1.82) is 0 Å². The van der Waals surface area contributed by atoms with E-state index in [9.17, 15) is 18.0 Å². The summed E-state index contributed by atoms with van der Waals surface area (Å²) in [5.74, 6) is -1.87. The van der Waals surface area contributed by atoms with Crippen molar-refractivity contribution in [2.24, 2.45) is 0 Å². The van der Waals surface area contributed by atoms with Crippen LogP contribution in [-0.2, 0) is 13.2 Å². The third-order valence-corrected chi connectivity index (χ3v) is 5.64. The van der Waals surface area contributed by atoms with Crippen LogP contribution in [0.15, 0.2) is 60.0 Å². The van der Waals surface area contributed by atoms with Crippen molar-refractivity contribution >= 4 is 23.1 Å². The lowest BCUT2D eigenvalue weighted by Crippen LogP contribution is -2.12. The fourth-order valence-corrected chi connectivity index (χ4v) is 3.81. The summed E-state index contributed by atoms with van der Waals surface area (Å²) in [5.41, 5.74) is 1.94. The molecule has 0 spiro atoms. The van der Waals surface area contributed by atoms with E-state index in [-0.39, 0.29) is 30.6 Å². The predicted octanol–water partition coefficient (Wildman–Crippen LogP) is 5.55. The zero-order chi connectivity index (χ0) is 22.7. The lowest BCUT2D eigenvalue weighted by molar-refractivity contribution is 0.103. The van der Waals surface area contributed by atoms with Gasteiger partial charge in [-0.25, -0.2) is 13.2 Å². The second kappa shape index (κ2) is 9.27. The fraction of sp³-hybridized carbons (Fsp3) is 0.130. The molecule has 1 amide bonds. The molecule has 0 aliphatic rings. The SMILES string of the molecule is Cc1cc(NC(=O)c2cc(COc3ccc(F)cc3F)cs2)nn1Cc1ccccc1F. The molecule has 0 saturated carbocycles. The first-order valence-electron chi connectivity index (χ1n) is 9.63. The summed E-state index contributed by atoms with van der Waals surface area (Å²) in [6, 6.07) is 12.8. The largest absolute Gasteiger partial charge is 0.486 e. The van der Waals surface area contributed by atoms with Gasteiger partial charge in [0.1, 0.15) is 18.2 Å². The molecular formula is C23H18F3N3O2S. The van der Waals surface area contributed by atoms with Gasteiger partial charge in [-0.05, 0) is 36.6 Å². The Hall–Kier alpha value is -3.59. The van der Waals surface area contributed by atoms with Crippen molar-refractivity contribution in [2.75, 3.05) is 5.32 Å². The van der Waals surface area contributed by atoms with Crippen LogP contribution in [0.1, 0.15) is 26.5 Å². The molecule has 32 heavy (non-hydrogen) atoms. The van der Waals surface area contributed by atoms with Crippen LogP contribution in [0.4, 0.5) is 19.0 Å². The molecule has 0 fully saturated rings. The topological polar surface area (TPSA) is 56.1 Å². The highest BCUT2D eigenvalue weighted by molar-refractivity contribution is 7.12. The number of aryl methyl sites for hydroxylation is 1. The van der Waals surface area contributed by atoms with Crippen LogP contribution in [0.25, 0.3) is 0 Å². The van der Waals surface area contributed by atoms with E-state index in [1.165, 1.54) is 23.5 Å². The average Bonchev–Trinajstić information content (AvgIpc) is 3.36. The molecular weight excluding hydrogens is 439 g/mol. The number of anilines is 1. The first-order valence-corrected chi connectivity index (χ1v) is 10.5. The highest BCUT2D eigenvalue weighted by Crippen LogP contribution is 2.22. The Morgan fingerprint density at radius 3 is 2.69 bits per heavy atom. The number of nitrogens with one attached hydrogen (secondary N) is 1. The van der Waals surface area contributed by atoms with Gasteiger partial charge < -0.3 is 10.1 Å². The zero-order valence-electron chi connectivity index (χ0n) is 16.9. The molecule has 0 radical (unpaired) electrons. The van der Waals surface area contributed by atoms with Crippen molar-refractivity contribution in [3.63, 3.8) is 0 Å². The number of halogens is 3. The Balaban J connectivity index is 1.38. The molecule has 2 aromatic carbocycles. The molecule has 164 valence electrons. The van der Waals surface area contributed by atoms with Gasteiger partial charge in [-0.2, -0.15) is 5.10 Å². The van der Waals surface area contributed by atoms with Gasteiger partial charge in [-0.1, -0.05) is 18.2 Å². The molecule has 0 atom stereocenters. The van der Waals surface area contributed by atoms with Gasteiger partial charge in [0.05, 0.1) is 11.4 Å². The summed E-state index contributed by atoms with van der Waals surface area (Å²) in [4.78, 5) is 13.0. The van der Waals surface area contributed by atoms with Crippen LogP contribution >= 0.6 is 11.3 Å². The maximum Gasteiger partial charge on any atom is 0.266 e. The normalized spacial score (nSPS) is 10.9. The number of nitrogens with zero attached hydrogens (tertiary/aromatic N) is 2. The van der Waals surface area contributed by atoms with E-state index in [0.29, 0.717) is 21.8 Å². The number of rotatable bonds is 7. The summed E-state index contributed by atoms with van der Waals surface area (Å²) in [6.07, 6.45) is 0. The first-order chi connectivity index (χ1) is 15.4. The molecule has 9 heteroatoms. The van der Waals surface area contributed by atoms with Crippen LogP contribution in [0.3, 0.4) is 0 Å². The van der Waals surface area contributed by atoms with E-state index in [0.717, 1.165) is 17.8 Å². The van der Waals surface area contributed by atoms with E-state index >= 15 is 0 Å². The van der Waals surface area contributed by atoms with Crippen molar-refractivity contribution < 1.29 is 22.7 Å². The summed E-state index contributed by atoms with van der Waals surface area (Å²) >= 11 is 1.20. The summed E-state index contributed by atoms with van der Waals surface area (Å²) in [7, 11) is 0. The third kappa shape index (κ3) is 5.00. The number of aromatic nitrogens is 2. The Morgan fingerprint density at radius 1 is 1.09 bits per heavy atom. The van der Waals surface area contributed by atoms with Gasteiger partial charge in [0.2, 0.25) is 0 Å². The Kier molecular flexibility index (Phi) is 6.27. The Bertz CT molecular complexity index is 1270. The smallest absolute Gasteiger partial charge is 0.266 e. The third-order valence-electron chi connectivity index (χ3n) is 4.67. The molecule has 4 rings (SSSR count). The number of ether oxygens (including phenoxy) is 1. The summed E-state index contributed by atoms with van der Waals surface area (Å²) in [6.45, 7) is 2.09. The minimum absolute atomic E-state index is 0.0305. The van der Waals surface area contributed by atoms with Crippen LogP contribution in [-0.4, -0.2) is 15.7 Å². The molecule has 5 nitrogen and oxygen atoms in total. The highest BCUT2D eigenvalue weighted by Gasteiger charge is 2.14. The molecule has 0 saturated heterocycles. The number of thiophene rings is 1. The number of hydrogen-bond acceptors (Lipinski definition) is 4. The number of carbonyl (C=O) groups excluding carboxylic acids is 1. The summed E-state index contributed by atoms with van der Waals surface area (Å²) < 4.78 is 47.5. The van der Waals surface area contributed by atoms with Gasteiger partial charge in [0.25, 0.3) is 5.91 Å². The fourth-order valence-electron chi connectivity index (χ4n) is 3.02. The molecule has 4 aromatic rings. The van der Waals surface area contributed by atoms with Crippen LogP contribution in [0.2, 0.25) is 0 Å². The second-order valence-corrected chi connectivity index (χ2v) is 7.97. The lowest BCUT2D eigenvalue weighted by Gasteiger charge is -2.06.